The van der Waals surface area contributed by atoms with E-state index in [-0.39, 0.29) is 11.4 Å². The zero-order chi connectivity index (χ0) is 14.9. The Morgan fingerprint density at radius 3 is 2.76 bits per heavy atom. The van der Waals surface area contributed by atoms with Crippen molar-refractivity contribution >= 4 is 32.6 Å². The molecule has 1 N–H and O–H groups in total. The topological polar surface area (TPSA) is 38.3 Å². The highest BCUT2D eigenvalue weighted by molar-refractivity contribution is 9.10. The molecule has 110 valence electrons. The van der Waals surface area contributed by atoms with E-state index in [9.17, 15) is 4.79 Å². The van der Waals surface area contributed by atoms with Crippen molar-refractivity contribution in [2.24, 2.45) is 0 Å². The summed E-state index contributed by atoms with van der Waals surface area (Å²) in [5.74, 6) is -0.0344. The Morgan fingerprint density at radius 2 is 2.00 bits per heavy atom. The monoisotopic (exact) mass is 347 g/mol. The highest BCUT2D eigenvalue weighted by Crippen LogP contribution is 2.22. The van der Waals surface area contributed by atoms with Crippen molar-refractivity contribution in [3.05, 3.63) is 46.4 Å². The molecule has 3 nitrogen and oxygen atoms in total. The smallest absolute Gasteiger partial charge is 0.251 e. The van der Waals surface area contributed by atoms with E-state index < -0.39 is 0 Å². The second kappa shape index (κ2) is 5.78. The van der Waals surface area contributed by atoms with Gasteiger partial charge in [0.25, 0.3) is 5.91 Å². The van der Waals surface area contributed by atoms with Crippen LogP contribution in [0.5, 0.6) is 0 Å². The minimum absolute atomic E-state index is 0.0344. The number of hydrogen-bond donors (Lipinski definition) is 1. The molecule has 0 aromatic heterocycles. The van der Waals surface area contributed by atoms with Gasteiger partial charge in [0.1, 0.15) is 0 Å². The maximum absolute atomic E-state index is 12.5. The van der Waals surface area contributed by atoms with Crippen molar-refractivity contribution in [1.29, 1.82) is 0 Å². The second-order valence-corrected chi connectivity index (χ2v) is 6.79. The van der Waals surface area contributed by atoms with E-state index in [4.69, 9.17) is 4.74 Å². The number of carbonyl (C=O) groups excluding carboxylic acids is 1. The van der Waals surface area contributed by atoms with E-state index >= 15 is 0 Å². The fourth-order valence-electron chi connectivity index (χ4n) is 2.74. The predicted octanol–water partition coefficient (Wildman–Crippen LogP) is 3.90. The molecule has 1 aliphatic rings. The van der Waals surface area contributed by atoms with Gasteiger partial charge in [-0.3, -0.25) is 4.79 Å². The number of benzene rings is 2. The Morgan fingerprint density at radius 1 is 1.24 bits per heavy atom. The van der Waals surface area contributed by atoms with Crippen LogP contribution < -0.4 is 5.32 Å². The zero-order valence-electron chi connectivity index (χ0n) is 12.0. The Balaban J connectivity index is 1.82. The summed E-state index contributed by atoms with van der Waals surface area (Å²) in [6.07, 6.45) is 1.95. The van der Waals surface area contributed by atoms with Crippen molar-refractivity contribution in [2.45, 2.75) is 25.3 Å². The van der Waals surface area contributed by atoms with Crippen molar-refractivity contribution in [3.8, 4) is 0 Å². The number of carbonyl (C=O) groups is 1. The molecule has 1 atom stereocenters. The largest absolute Gasteiger partial charge is 0.379 e. The molecule has 1 fully saturated rings. The van der Waals surface area contributed by atoms with E-state index in [1.165, 1.54) is 0 Å². The van der Waals surface area contributed by atoms with Gasteiger partial charge in [-0.2, -0.15) is 0 Å². The van der Waals surface area contributed by atoms with Gasteiger partial charge in [-0.05, 0) is 54.8 Å². The Labute approximate surface area is 132 Å². The van der Waals surface area contributed by atoms with Gasteiger partial charge >= 0.3 is 0 Å². The number of ether oxygens (including phenoxy) is 1. The molecule has 0 radical (unpaired) electrons. The minimum Gasteiger partial charge on any atom is -0.379 e. The summed E-state index contributed by atoms with van der Waals surface area (Å²) in [6.45, 7) is 3.41. The normalized spacial score (nSPS) is 22.2. The molecule has 1 unspecified atom stereocenters. The predicted molar refractivity (Wildman–Crippen MR) is 87.6 cm³/mol. The average Bonchev–Trinajstić information content (AvgIpc) is 2.47. The Bertz CT molecular complexity index is 678. The number of halogens is 1. The van der Waals surface area contributed by atoms with E-state index in [1.54, 1.807) is 0 Å². The van der Waals surface area contributed by atoms with Gasteiger partial charge in [0, 0.05) is 16.6 Å². The van der Waals surface area contributed by atoms with Crippen LogP contribution in [-0.2, 0) is 4.74 Å². The van der Waals surface area contributed by atoms with Crippen molar-refractivity contribution in [1.82, 2.24) is 5.32 Å². The number of rotatable bonds is 2. The van der Waals surface area contributed by atoms with Crippen molar-refractivity contribution in [2.75, 3.05) is 13.2 Å². The van der Waals surface area contributed by atoms with Gasteiger partial charge in [-0.15, -0.1) is 0 Å². The molecule has 4 heteroatoms. The van der Waals surface area contributed by atoms with Gasteiger partial charge in [0.15, 0.2) is 0 Å². The Kier molecular flexibility index (Phi) is 4.00. The molecule has 0 saturated carbocycles. The first-order valence-electron chi connectivity index (χ1n) is 7.15. The number of fused-ring (bicyclic) bond motifs is 1. The van der Waals surface area contributed by atoms with E-state index in [2.05, 4.69) is 21.2 Å². The maximum atomic E-state index is 12.5. The third-order valence-corrected chi connectivity index (χ3v) is 4.41. The van der Waals surface area contributed by atoms with Gasteiger partial charge in [-0.1, -0.05) is 28.1 Å². The maximum Gasteiger partial charge on any atom is 0.251 e. The summed E-state index contributed by atoms with van der Waals surface area (Å²) in [5, 5.41) is 5.30. The number of amides is 1. The number of nitrogens with one attached hydrogen (secondary N) is 1. The van der Waals surface area contributed by atoms with E-state index in [1.807, 2.05) is 43.3 Å². The van der Waals surface area contributed by atoms with Crippen LogP contribution in [0.4, 0.5) is 0 Å². The summed E-state index contributed by atoms with van der Waals surface area (Å²) >= 11 is 3.46. The molecule has 2 aromatic carbocycles. The Hall–Kier alpha value is -1.39. The van der Waals surface area contributed by atoms with Crippen LogP contribution in [0.15, 0.2) is 40.9 Å². The van der Waals surface area contributed by atoms with Gasteiger partial charge in [0.05, 0.1) is 12.1 Å². The SMILES string of the molecule is CC1(NC(=O)c2ccc3cc(Br)ccc3c2)CCCOC1. The number of hydrogen-bond acceptors (Lipinski definition) is 2. The third-order valence-electron chi connectivity index (χ3n) is 3.92. The van der Waals surface area contributed by atoms with Gasteiger partial charge in [0.2, 0.25) is 0 Å². The second-order valence-electron chi connectivity index (χ2n) is 5.88. The van der Waals surface area contributed by atoms with Crippen molar-refractivity contribution in [3.63, 3.8) is 0 Å². The summed E-state index contributed by atoms with van der Waals surface area (Å²) in [7, 11) is 0. The van der Waals surface area contributed by atoms with E-state index in [0.717, 1.165) is 34.7 Å². The molecular formula is C17H18BrNO2. The molecule has 0 bridgehead atoms. The van der Waals surface area contributed by atoms with Gasteiger partial charge < -0.3 is 10.1 Å². The summed E-state index contributed by atoms with van der Waals surface area (Å²) in [6, 6.07) is 11.8. The van der Waals surface area contributed by atoms with Crippen LogP contribution in [0.2, 0.25) is 0 Å². The van der Waals surface area contributed by atoms with Crippen LogP contribution in [-0.4, -0.2) is 24.7 Å². The highest BCUT2D eigenvalue weighted by Gasteiger charge is 2.29. The fraction of sp³-hybridized carbons (Fsp3) is 0.353. The average molecular weight is 348 g/mol. The van der Waals surface area contributed by atoms with Crippen LogP contribution in [0.25, 0.3) is 10.8 Å². The minimum atomic E-state index is -0.260. The molecule has 1 aliphatic heterocycles. The molecule has 1 amide bonds. The molecule has 2 aromatic rings. The van der Waals surface area contributed by atoms with Crippen LogP contribution in [0.3, 0.4) is 0 Å². The van der Waals surface area contributed by atoms with Crippen LogP contribution in [0, 0.1) is 0 Å². The lowest BCUT2D eigenvalue weighted by molar-refractivity contribution is 0.0272. The van der Waals surface area contributed by atoms with Gasteiger partial charge in [-0.25, -0.2) is 0 Å². The lowest BCUT2D eigenvalue weighted by Crippen LogP contribution is -2.51. The summed E-state index contributed by atoms with van der Waals surface area (Å²) in [5.41, 5.74) is 0.431. The molecule has 21 heavy (non-hydrogen) atoms. The van der Waals surface area contributed by atoms with Crippen molar-refractivity contribution < 1.29 is 9.53 Å². The van der Waals surface area contributed by atoms with E-state index in [0.29, 0.717) is 12.2 Å². The standard InChI is InChI=1S/C17H18BrNO2/c1-17(7-2-8-21-11-17)19-16(20)14-4-3-13-10-15(18)6-5-12(13)9-14/h3-6,9-10H,2,7-8,11H2,1H3,(H,19,20). The molecule has 0 aliphatic carbocycles. The molecule has 0 spiro atoms. The van der Waals surface area contributed by atoms with Crippen LogP contribution in [0.1, 0.15) is 30.1 Å². The molecule has 1 saturated heterocycles. The lowest BCUT2D eigenvalue weighted by Gasteiger charge is -2.34. The molecule has 1 heterocycles. The first kappa shape index (κ1) is 14.5. The quantitative estimate of drug-likeness (QED) is 0.894. The molecule has 3 rings (SSSR count). The first-order valence-corrected chi connectivity index (χ1v) is 7.95. The summed E-state index contributed by atoms with van der Waals surface area (Å²) < 4.78 is 6.53. The van der Waals surface area contributed by atoms with Crippen LogP contribution >= 0.6 is 15.9 Å². The third kappa shape index (κ3) is 3.27. The highest BCUT2D eigenvalue weighted by atomic mass is 79.9. The fourth-order valence-corrected chi connectivity index (χ4v) is 3.12. The zero-order valence-corrected chi connectivity index (χ0v) is 13.6. The summed E-state index contributed by atoms with van der Waals surface area (Å²) in [4.78, 5) is 12.5. The molecular weight excluding hydrogens is 330 g/mol. The lowest BCUT2D eigenvalue weighted by atomic mass is 9.94. The first-order chi connectivity index (χ1) is 10.1.